The average Bonchev–Trinajstić information content (AvgIpc) is 2.78. The van der Waals surface area contributed by atoms with E-state index in [1.807, 2.05) is 30.3 Å². The van der Waals surface area contributed by atoms with E-state index in [2.05, 4.69) is 5.32 Å². The zero-order valence-corrected chi connectivity index (χ0v) is 13.4. The van der Waals surface area contributed by atoms with Gasteiger partial charge in [0.25, 0.3) is 0 Å². The Morgan fingerprint density at radius 2 is 2.00 bits per heavy atom. The van der Waals surface area contributed by atoms with Crippen LogP contribution in [0.4, 0.5) is 4.39 Å². The number of amides is 1. The molecular weight excluding hydrogens is 299 g/mol. The van der Waals surface area contributed by atoms with Crippen LogP contribution in [0.2, 0.25) is 0 Å². The molecule has 0 saturated carbocycles. The average molecular weight is 324 g/mol. The van der Waals surface area contributed by atoms with Gasteiger partial charge in [0.1, 0.15) is 12.3 Å². The Balaban J connectivity index is 2.07. The Bertz CT molecular complexity index is 500. The number of rotatable bonds is 7. The van der Waals surface area contributed by atoms with Gasteiger partial charge in [-0.15, -0.1) is 0 Å². The van der Waals surface area contributed by atoms with Crippen molar-refractivity contribution in [3.8, 4) is 0 Å². The van der Waals surface area contributed by atoms with Gasteiger partial charge in [0.2, 0.25) is 5.91 Å². The summed E-state index contributed by atoms with van der Waals surface area (Å²) in [5, 5.41) is 22.2. The summed E-state index contributed by atoms with van der Waals surface area (Å²) in [5.74, 6) is -0.240. The molecule has 0 bridgehead atoms. The van der Waals surface area contributed by atoms with Crippen LogP contribution in [0.1, 0.15) is 18.9 Å². The van der Waals surface area contributed by atoms with Gasteiger partial charge in [0.05, 0.1) is 18.7 Å². The van der Waals surface area contributed by atoms with Crippen molar-refractivity contribution in [2.45, 2.75) is 44.1 Å². The van der Waals surface area contributed by atoms with Crippen molar-refractivity contribution in [3.63, 3.8) is 0 Å². The molecule has 1 aromatic carbocycles. The molecule has 1 amide bonds. The van der Waals surface area contributed by atoms with E-state index in [4.69, 9.17) is 0 Å². The molecule has 1 fully saturated rings. The summed E-state index contributed by atoms with van der Waals surface area (Å²) in [5.41, 5.74) is 1.10. The molecular formula is C17H25FN2O3. The molecule has 2 rings (SSSR count). The summed E-state index contributed by atoms with van der Waals surface area (Å²) in [6.07, 6.45) is -2.15. The fraction of sp³-hybridized carbons (Fsp3) is 0.588. The van der Waals surface area contributed by atoms with Crippen molar-refractivity contribution in [2.24, 2.45) is 0 Å². The summed E-state index contributed by atoms with van der Waals surface area (Å²) < 4.78 is 14.4. The molecule has 23 heavy (non-hydrogen) atoms. The van der Waals surface area contributed by atoms with Crippen LogP contribution in [0, 0.1) is 0 Å². The molecule has 0 spiro atoms. The number of benzene rings is 1. The van der Waals surface area contributed by atoms with Crippen molar-refractivity contribution >= 4 is 5.91 Å². The van der Waals surface area contributed by atoms with Crippen LogP contribution in [0.25, 0.3) is 0 Å². The molecule has 6 heteroatoms. The van der Waals surface area contributed by atoms with Gasteiger partial charge in [-0.05, 0) is 18.9 Å². The van der Waals surface area contributed by atoms with Gasteiger partial charge >= 0.3 is 0 Å². The zero-order valence-electron chi connectivity index (χ0n) is 13.4. The quantitative estimate of drug-likeness (QED) is 0.683. The maximum absolute atomic E-state index is 14.4. The Labute approximate surface area is 136 Å². The third kappa shape index (κ3) is 4.28. The molecule has 0 aromatic heterocycles. The van der Waals surface area contributed by atoms with E-state index < -0.39 is 24.4 Å². The second-order valence-electron chi connectivity index (χ2n) is 5.88. The first-order chi connectivity index (χ1) is 11.1. The molecule has 4 atom stereocenters. The standard InChI is InChI=1S/C17H25FN2O3/c1-2-19-15(22)10-13-16(18)17(23)14(11-21)20(13)9-8-12-6-4-3-5-7-12/h3-7,13-14,16-17,21,23H,2,8-11H2,1H3,(H,19,22)/t13?,14-,16-,17-/m1/s1. The van der Waals surface area contributed by atoms with E-state index in [0.717, 1.165) is 5.56 Å². The number of likely N-dealkylation sites (tertiary alicyclic amines) is 1. The largest absolute Gasteiger partial charge is 0.395 e. The Kier molecular flexibility index (Phi) is 6.50. The van der Waals surface area contributed by atoms with Crippen molar-refractivity contribution in [3.05, 3.63) is 35.9 Å². The smallest absolute Gasteiger partial charge is 0.221 e. The van der Waals surface area contributed by atoms with E-state index in [0.29, 0.717) is 19.5 Å². The maximum Gasteiger partial charge on any atom is 0.221 e. The van der Waals surface area contributed by atoms with Gasteiger partial charge < -0.3 is 15.5 Å². The van der Waals surface area contributed by atoms with Gasteiger partial charge in [0, 0.05) is 19.5 Å². The number of aliphatic hydroxyl groups excluding tert-OH is 2. The highest BCUT2D eigenvalue weighted by Gasteiger charge is 2.48. The Morgan fingerprint density at radius 3 is 2.61 bits per heavy atom. The topological polar surface area (TPSA) is 72.8 Å². The first kappa shape index (κ1) is 17.8. The third-order valence-corrected chi connectivity index (χ3v) is 4.40. The van der Waals surface area contributed by atoms with E-state index in [-0.39, 0.29) is 18.9 Å². The van der Waals surface area contributed by atoms with Crippen molar-refractivity contribution in [1.82, 2.24) is 10.2 Å². The highest BCUT2D eigenvalue weighted by Crippen LogP contribution is 2.30. The van der Waals surface area contributed by atoms with Crippen molar-refractivity contribution < 1.29 is 19.4 Å². The molecule has 1 aromatic rings. The fourth-order valence-electron chi connectivity index (χ4n) is 3.20. The monoisotopic (exact) mass is 324 g/mol. The normalized spacial score (nSPS) is 28.0. The molecule has 1 unspecified atom stereocenters. The maximum atomic E-state index is 14.4. The van der Waals surface area contributed by atoms with Crippen LogP contribution in [0.3, 0.4) is 0 Å². The number of halogens is 1. The molecule has 3 N–H and O–H groups in total. The minimum Gasteiger partial charge on any atom is -0.395 e. The van der Waals surface area contributed by atoms with Crippen LogP contribution in [0.15, 0.2) is 30.3 Å². The number of nitrogens with zero attached hydrogens (tertiary/aromatic N) is 1. The first-order valence-electron chi connectivity index (χ1n) is 8.07. The minimum absolute atomic E-state index is 0.0165. The summed E-state index contributed by atoms with van der Waals surface area (Å²) in [4.78, 5) is 13.6. The number of aliphatic hydroxyl groups is 2. The van der Waals surface area contributed by atoms with Crippen LogP contribution in [-0.4, -0.2) is 65.1 Å². The van der Waals surface area contributed by atoms with Crippen molar-refractivity contribution in [2.75, 3.05) is 19.7 Å². The summed E-state index contributed by atoms with van der Waals surface area (Å²) >= 11 is 0. The minimum atomic E-state index is -1.54. The molecule has 128 valence electrons. The van der Waals surface area contributed by atoms with E-state index in [9.17, 15) is 19.4 Å². The summed E-state index contributed by atoms with van der Waals surface area (Å²) in [6.45, 7) is 2.44. The molecule has 1 heterocycles. The van der Waals surface area contributed by atoms with Gasteiger partial charge in [-0.3, -0.25) is 9.69 Å². The van der Waals surface area contributed by atoms with Crippen LogP contribution < -0.4 is 5.32 Å². The Hall–Kier alpha value is -1.50. The molecule has 1 aliphatic heterocycles. The van der Waals surface area contributed by atoms with Crippen LogP contribution >= 0.6 is 0 Å². The number of hydrogen-bond donors (Lipinski definition) is 3. The van der Waals surface area contributed by atoms with Gasteiger partial charge in [0.15, 0.2) is 0 Å². The SMILES string of the molecule is CCNC(=O)CC1[C@@H](F)[C@H](O)[C@@H](CO)N1CCc1ccccc1. The number of carbonyl (C=O) groups is 1. The third-order valence-electron chi connectivity index (χ3n) is 4.40. The molecule has 0 aliphatic carbocycles. The van der Waals surface area contributed by atoms with Crippen molar-refractivity contribution in [1.29, 1.82) is 0 Å². The summed E-state index contributed by atoms with van der Waals surface area (Å²) in [7, 11) is 0. The Morgan fingerprint density at radius 1 is 1.30 bits per heavy atom. The lowest BCUT2D eigenvalue weighted by Crippen LogP contribution is -2.44. The lowest BCUT2D eigenvalue weighted by molar-refractivity contribution is -0.122. The molecule has 0 radical (unpaired) electrons. The predicted molar refractivity (Wildman–Crippen MR) is 85.7 cm³/mol. The number of hydrogen-bond acceptors (Lipinski definition) is 4. The first-order valence-corrected chi connectivity index (χ1v) is 8.07. The van der Waals surface area contributed by atoms with Crippen LogP contribution in [-0.2, 0) is 11.2 Å². The highest BCUT2D eigenvalue weighted by molar-refractivity contribution is 5.76. The lowest BCUT2D eigenvalue weighted by Gasteiger charge is -2.29. The molecule has 1 saturated heterocycles. The van der Waals surface area contributed by atoms with Crippen LogP contribution in [0.5, 0.6) is 0 Å². The lowest BCUT2D eigenvalue weighted by atomic mass is 10.1. The van der Waals surface area contributed by atoms with Gasteiger partial charge in [-0.1, -0.05) is 30.3 Å². The van der Waals surface area contributed by atoms with E-state index >= 15 is 0 Å². The fourth-order valence-corrected chi connectivity index (χ4v) is 3.20. The van der Waals surface area contributed by atoms with Gasteiger partial charge in [-0.25, -0.2) is 4.39 Å². The number of carbonyl (C=O) groups excluding carboxylic acids is 1. The second-order valence-corrected chi connectivity index (χ2v) is 5.88. The molecule has 1 aliphatic rings. The summed E-state index contributed by atoms with van der Waals surface area (Å²) in [6, 6.07) is 8.36. The van der Waals surface area contributed by atoms with E-state index in [1.165, 1.54) is 0 Å². The highest BCUT2D eigenvalue weighted by atomic mass is 19.1. The zero-order chi connectivity index (χ0) is 16.8. The molecule has 5 nitrogen and oxygen atoms in total. The van der Waals surface area contributed by atoms with E-state index in [1.54, 1.807) is 11.8 Å². The van der Waals surface area contributed by atoms with Gasteiger partial charge in [-0.2, -0.15) is 0 Å². The predicted octanol–water partition coefficient (Wildman–Crippen LogP) is 0.499. The number of alkyl halides is 1. The number of nitrogens with one attached hydrogen (secondary N) is 1. The second kappa shape index (κ2) is 8.38.